The first-order valence-corrected chi connectivity index (χ1v) is 9.34. The van der Waals surface area contributed by atoms with E-state index in [1.54, 1.807) is 6.08 Å². The number of benzene rings is 2. The third kappa shape index (κ3) is 3.70. The first-order chi connectivity index (χ1) is 14.4. The highest BCUT2D eigenvalue weighted by Crippen LogP contribution is 2.36. The molecule has 7 heteroatoms. The average Bonchev–Trinajstić information content (AvgIpc) is 3.22. The molecule has 2 aromatic carbocycles. The molecule has 0 fully saturated rings. The Morgan fingerprint density at radius 2 is 1.70 bits per heavy atom. The summed E-state index contributed by atoms with van der Waals surface area (Å²) in [6.07, 6.45) is -0.739. The van der Waals surface area contributed by atoms with E-state index in [1.807, 2.05) is 58.3 Å². The monoisotopic (exact) mass is 412 g/mol. The van der Waals surface area contributed by atoms with Gasteiger partial charge in [-0.15, -0.1) is 0 Å². The number of hydrogen-bond acceptors (Lipinski definition) is 3. The molecule has 0 saturated heterocycles. The normalized spacial score (nSPS) is 16.1. The Bertz CT molecular complexity index is 1070. The van der Waals surface area contributed by atoms with Gasteiger partial charge in [0, 0.05) is 6.20 Å². The number of halogens is 3. The Hall–Kier alpha value is -3.48. The van der Waals surface area contributed by atoms with Crippen molar-refractivity contribution in [2.75, 3.05) is 12.1 Å². The maximum atomic E-state index is 12.9. The minimum absolute atomic E-state index is 0.299. The van der Waals surface area contributed by atoms with Gasteiger partial charge in [-0.3, -0.25) is 9.69 Å². The fourth-order valence-corrected chi connectivity index (χ4v) is 3.69. The van der Waals surface area contributed by atoms with Gasteiger partial charge in [0.2, 0.25) is 0 Å². The first kappa shape index (κ1) is 19.8. The van der Waals surface area contributed by atoms with Crippen LogP contribution < -0.4 is 5.01 Å². The molecule has 30 heavy (non-hydrogen) atoms. The van der Waals surface area contributed by atoms with E-state index >= 15 is 0 Å². The molecule has 1 atom stereocenters. The summed E-state index contributed by atoms with van der Waals surface area (Å²) in [5, 5.41) is 1.94. The van der Waals surface area contributed by atoms with E-state index in [1.165, 1.54) is 19.2 Å². The van der Waals surface area contributed by atoms with Gasteiger partial charge in [-0.1, -0.05) is 42.5 Å². The SMILES string of the molecule is COC(=O)C1=Cc2cccn2N(Cc2ccc(C(F)(F)F)cc2)C1c1ccccc1. The van der Waals surface area contributed by atoms with E-state index in [4.69, 9.17) is 4.74 Å². The smallest absolute Gasteiger partial charge is 0.416 e. The summed E-state index contributed by atoms with van der Waals surface area (Å²) in [6.45, 7) is 0.299. The molecule has 1 aromatic heterocycles. The van der Waals surface area contributed by atoms with Crippen LogP contribution in [0.25, 0.3) is 6.08 Å². The molecule has 3 aromatic rings. The van der Waals surface area contributed by atoms with Gasteiger partial charge in [0.15, 0.2) is 0 Å². The number of carbonyl (C=O) groups is 1. The number of esters is 1. The lowest BCUT2D eigenvalue weighted by Crippen LogP contribution is -2.42. The zero-order chi connectivity index (χ0) is 21.3. The lowest BCUT2D eigenvalue weighted by atomic mass is 9.95. The third-order valence-corrected chi connectivity index (χ3v) is 5.09. The largest absolute Gasteiger partial charge is 0.466 e. The molecule has 0 radical (unpaired) electrons. The Labute approximate surface area is 171 Å². The first-order valence-electron chi connectivity index (χ1n) is 9.34. The molecule has 2 heterocycles. The molecule has 0 amide bonds. The predicted molar refractivity (Wildman–Crippen MR) is 107 cm³/mol. The molecular formula is C23H19F3N2O2. The topological polar surface area (TPSA) is 34.5 Å². The van der Waals surface area contributed by atoms with Crippen LogP contribution in [0.3, 0.4) is 0 Å². The number of hydrogen-bond donors (Lipinski definition) is 0. The highest BCUT2D eigenvalue weighted by atomic mass is 19.4. The lowest BCUT2D eigenvalue weighted by Gasteiger charge is -2.39. The van der Waals surface area contributed by atoms with E-state index in [0.29, 0.717) is 17.7 Å². The Morgan fingerprint density at radius 3 is 2.33 bits per heavy atom. The average molecular weight is 412 g/mol. The van der Waals surface area contributed by atoms with Crippen LogP contribution in [0, 0.1) is 0 Å². The molecule has 154 valence electrons. The number of aromatic nitrogens is 1. The number of fused-ring (bicyclic) bond motifs is 1. The third-order valence-electron chi connectivity index (χ3n) is 5.09. The van der Waals surface area contributed by atoms with Crippen molar-refractivity contribution in [2.45, 2.75) is 18.8 Å². The molecular weight excluding hydrogens is 393 g/mol. The quantitative estimate of drug-likeness (QED) is 0.569. The van der Waals surface area contributed by atoms with E-state index in [9.17, 15) is 18.0 Å². The fraction of sp³-hybridized carbons (Fsp3) is 0.174. The van der Waals surface area contributed by atoms with E-state index in [-0.39, 0.29) is 0 Å². The molecule has 0 aliphatic carbocycles. The van der Waals surface area contributed by atoms with Gasteiger partial charge in [0.25, 0.3) is 0 Å². The van der Waals surface area contributed by atoms with Crippen molar-refractivity contribution in [1.29, 1.82) is 0 Å². The van der Waals surface area contributed by atoms with E-state index < -0.39 is 23.8 Å². The molecule has 0 N–H and O–H groups in total. The highest BCUT2D eigenvalue weighted by molar-refractivity contribution is 5.96. The second-order valence-electron chi connectivity index (χ2n) is 6.97. The van der Waals surface area contributed by atoms with E-state index in [2.05, 4.69) is 0 Å². The molecule has 1 aliphatic heterocycles. The zero-order valence-corrected chi connectivity index (χ0v) is 16.1. The fourth-order valence-electron chi connectivity index (χ4n) is 3.69. The molecule has 0 saturated carbocycles. The zero-order valence-electron chi connectivity index (χ0n) is 16.1. The second-order valence-corrected chi connectivity index (χ2v) is 6.97. The van der Waals surface area contributed by atoms with Crippen molar-refractivity contribution in [3.05, 3.63) is 101 Å². The summed E-state index contributed by atoms with van der Waals surface area (Å²) >= 11 is 0. The Kier molecular flexibility index (Phi) is 5.11. The number of nitrogens with zero attached hydrogens (tertiary/aromatic N) is 2. The standard InChI is InChI=1S/C23H19F3N2O2/c1-30-22(29)20-14-19-8-5-13-27(19)28(21(20)17-6-3-2-4-7-17)15-16-9-11-18(12-10-16)23(24,25)26/h2-14,21H,15H2,1H3. The van der Waals surface area contributed by atoms with Crippen molar-refractivity contribution in [3.8, 4) is 0 Å². The van der Waals surface area contributed by atoms with E-state index in [0.717, 1.165) is 23.4 Å². The van der Waals surface area contributed by atoms with Crippen LogP contribution in [0.1, 0.15) is 28.4 Å². The van der Waals surface area contributed by atoms with Crippen molar-refractivity contribution < 1.29 is 22.7 Å². The number of carbonyl (C=O) groups excluding carboxylic acids is 1. The summed E-state index contributed by atoms with van der Waals surface area (Å²) in [5.41, 5.74) is 2.12. The summed E-state index contributed by atoms with van der Waals surface area (Å²) in [5.74, 6) is -0.450. The van der Waals surface area contributed by atoms with Crippen molar-refractivity contribution in [3.63, 3.8) is 0 Å². The molecule has 4 nitrogen and oxygen atoms in total. The summed E-state index contributed by atoms with van der Waals surface area (Å²) in [6, 6.07) is 17.8. The van der Waals surface area contributed by atoms with Crippen LogP contribution in [-0.2, 0) is 22.3 Å². The van der Waals surface area contributed by atoms with Crippen LogP contribution in [-0.4, -0.2) is 17.8 Å². The Morgan fingerprint density at radius 1 is 1.00 bits per heavy atom. The van der Waals surface area contributed by atoms with Crippen LogP contribution in [0.5, 0.6) is 0 Å². The second kappa shape index (κ2) is 7.74. The summed E-state index contributed by atoms with van der Waals surface area (Å²) in [4.78, 5) is 12.6. The molecule has 1 aliphatic rings. The predicted octanol–water partition coefficient (Wildman–Crippen LogP) is 4.96. The minimum atomic E-state index is -4.38. The maximum Gasteiger partial charge on any atom is 0.416 e. The maximum absolute atomic E-state index is 12.9. The number of rotatable bonds is 4. The van der Waals surface area contributed by atoms with Gasteiger partial charge >= 0.3 is 12.1 Å². The van der Waals surface area contributed by atoms with Gasteiger partial charge in [-0.25, -0.2) is 4.79 Å². The highest BCUT2D eigenvalue weighted by Gasteiger charge is 2.34. The van der Waals surface area contributed by atoms with Gasteiger partial charge in [0.1, 0.15) is 6.04 Å². The van der Waals surface area contributed by atoms with Crippen molar-refractivity contribution in [2.24, 2.45) is 0 Å². The van der Waals surface area contributed by atoms with Gasteiger partial charge < -0.3 is 4.74 Å². The van der Waals surface area contributed by atoms with Crippen LogP contribution in [0.15, 0.2) is 78.5 Å². The van der Waals surface area contributed by atoms with Crippen LogP contribution in [0.4, 0.5) is 13.2 Å². The minimum Gasteiger partial charge on any atom is -0.466 e. The van der Waals surface area contributed by atoms with Crippen LogP contribution in [0.2, 0.25) is 0 Å². The summed E-state index contributed by atoms with van der Waals surface area (Å²) in [7, 11) is 1.33. The van der Waals surface area contributed by atoms with Crippen LogP contribution >= 0.6 is 0 Å². The molecule has 4 rings (SSSR count). The van der Waals surface area contributed by atoms with Gasteiger partial charge in [0.05, 0.1) is 30.5 Å². The summed E-state index contributed by atoms with van der Waals surface area (Å²) < 4.78 is 45.7. The number of ether oxygens (including phenoxy) is 1. The van der Waals surface area contributed by atoms with Gasteiger partial charge in [-0.05, 0) is 41.5 Å². The van der Waals surface area contributed by atoms with Gasteiger partial charge in [-0.2, -0.15) is 13.2 Å². The molecule has 0 spiro atoms. The molecule has 1 unspecified atom stereocenters. The number of alkyl halides is 3. The van der Waals surface area contributed by atoms with Crippen molar-refractivity contribution in [1.82, 2.24) is 4.68 Å². The lowest BCUT2D eigenvalue weighted by molar-refractivity contribution is -0.138. The Balaban J connectivity index is 1.77. The molecule has 0 bridgehead atoms. The number of methoxy groups -OCH3 is 1. The van der Waals surface area contributed by atoms with Crippen molar-refractivity contribution >= 4 is 12.0 Å².